The molecule has 1 aromatic heterocycles. The lowest BCUT2D eigenvalue weighted by molar-refractivity contribution is 0.485. The highest BCUT2D eigenvalue weighted by Gasteiger charge is 2.21. The number of benzene rings is 2. The third-order valence-electron chi connectivity index (χ3n) is 5.46. The quantitative estimate of drug-likeness (QED) is 0.490. The van der Waals surface area contributed by atoms with E-state index in [9.17, 15) is 0 Å². The van der Waals surface area contributed by atoms with Crippen LogP contribution in [0.5, 0.6) is 11.5 Å². The van der Waals surface area contributed by atoms with Crippen molar-refractivity contribution in [3.63, 3.8) is 0 Å². The topological polar surface area (TPSA) is 137 Å². The lowest BCUT2D eigenvalue weighted by Gasteiger charge is -2.15. The number of ether oxygens (including phenoxy) is 1. The fourth-order valence-corrected chi connectivity index (χ4v) is 4.05. The molecule has 5 rings (SSSR count). The van der Waals surface area contributed by atoms with Crippen LogP contribution in [0.3, 0.4) is 0 Å². The summed E-state index contributed by atoms with van der Waals surface area (Å²) in [6.45, 7) is 0. The minimum atomic E-state index is 0.203. The number of nitrogens with zero attached hydrogens (tertiary/aromatic N) is 3. The summed E-state index contributed by atoms with van der Waals surface area (Å²) in [5, 5.41) is 3.47. The van der Waals surface area contributed by atoms with Gasteiger partial charge in [0.2, 0.25) is 5.95 Å². The van der Waals surface area contributed by atoms with Crippen molar-refractivity contribution in [1.29, 1.82) is 0 Å². The number of aliphatic imine (C=N–C) groups is 1. The van der Waals surface area contributed by atoms with Crippen LogP contribution in [0.15, 0.2) is 47.5 Å². The fourth-order valence-electron chi connectivity index (χ4n) is 4.05. The molecule has 0 spiro atoms. The van der Waals surface area contributed by atoms with Crippen LogP contribution in [-0.4, -0.2) is 21.8 Å². The summed E-state index contributed by atoms with van der Waals surface area (Å²) >= 11 is 0. The van der Waals surface area contributed by atoms with E-state index in [4.69, 9.17) is 21.9 Å². The third kappa shape index (κ3) is 3.36. The molecule has 0 amide bonds. The van der Waals surface area contributed by atoms with Crippen LogP contribution in [0.4, 0.5) is 23.1 Å². The number of amidine groups is 1. The molecule has 8 nitrogen and oxygen atoms in total. The lowest BCUT2D eigenvalue weighted by atomic mass is 10.0. The molecule has 0 unspecified atom stereocenters. The number of hydrogen-bond acceptors (Lipinski definition) is 8. The van der Waals surface area contributed by atoms with Crippen molar-refractivity contribution in [3.05, 3.63) is 48.0 Å². The minimum Gasteiger partial charge on any atom is -0.454 e. The Kier molecular flexibility index (Phi) is 4.39. The Hall–Kier alpha value is -3.81. The highest BCUT2D eigenvalue weighted by Crippen LogP contribution is 2.41. The van der Waals surface area contributed by atoms with Gasteiger partial charge >= 0.3 is 0 Å². The van der Waals surface area contributed by atoms with E-state index in [2.05, 4.69) is 20.3 Å². The van der Waals surface area contributed by atoms with E-state index in [1.54, 1.807) is 0 Å². The van der Waals surface area contributed by atoms with E-state index in [-0.39, 0.29) is 5.95 Å². The van der Waals surface area contributed by atoms with Crippen LogP contribution >= 0.6 is 0 Å². The van der Waals surface area contributed by atoms with Crippen LogP contribution in [0, 0.1) is 0 Å². The zero-order chi connectivity index (χ0) is 20.7. The molecule has 1 fully saturated rings. The third-order valence-corrected chi connectivity index (χ3v) is 5.46. The zero-order valence-corrected chi connectivity index (χ0v) is 16.4. The standard InChI is InChI=1S/C22H23N7O/c23-14-9-12(16-11-19(29-22(25)28-16)26-13-5-1-2-6-13)10-18-20(14)21(24)27-15-7-3-4-8-17(15)30-18/h3-4,7-11,13H,1-2,5-6,23H2,(H2,24,27)(H3,25,26,28,29). The first kappa shape index (κ1) is 18.2. The van der Waals surface area contributed by atoms with Crippen molar-refractivity contribution in [2.24, 2.45) is 10.7 Å². The summed E-state index contributed by atoms with van der Waals surface area (Å²) in [4.78, 5) is 13.2. The molecule has 30 heavy (non-hydrogen) atoms. The van der Waals surface area contributed by atoms with E-state index in [0.717, 1.165) is 18.4 Å². The number of nitrogen functional groups attached to an aromatic ring is 2. The second-order valence-electron chi connectivity index (χ2n) is 7.63. The smallest absolute Gasteiger partial charge is 0.222 e. The van der Waals surface area contributed by atoms with Gasteiger partial charge in [-0.25, -0.2) is 9.98 Å². The molecule has 1 aliphatic heterocycles. The van der Waals surface area contributed by atoms with E-state index >= 15 is 0 Å². The maximum Gasteiger partial charge on any atom is 0.222 e. The molecule has 152 valence electrons. The van der Waals surface area contributed by atoms with Crippen molar-refractivity contribution in [2.75, 3.05) is 16.8 Å². The van der Waals surface area contributed by atoms with Gasteiger partial charge < -0.3 is 27.3 Å². The fraction of sp³-hybridized carbons (Fsp3) is 0.227. The van der Waals surface area contributed by atoms with Crippen LogP contribution in [0.1, 0.15) is 31.2 Å². The Bertz CT molecular complexity index is 1150. The molecule has 0 saturated heterocycles. The average molecular weight is 401 g/mol. The van der Waals surface area contributed by atoms with Crippen molar-refractivity contribution >= 4 is 29.0 Å². The average Bonchev–Trinajstić information content (AvgIpc) is 3.16. The monoisotopic (exact) mass is 401 g/mol. The van der Waals surface area contributed by atoms with Gasteiger partial charge in [0.1, 0.15) is 23.1 Å². The summed E-state index contributed by atoms with van der Waals surface area (Å²) in [5.74, 6) is 2.36. The maximum absolute atomic E-state index is 6.35. The number of fused-ring (bicyclic) bond motifs is 2. The minimum absolute atomic E-state index is 0.203. The highest BCUT2D eigenvalue weighted by molar-refractivity contribution is 6.07. The summed E-state index contributed by atoms with van der Waals surface area (Å²) in [6.07, 6.45) is 4.73. The molecule has 1 saturated carbocycles. The Labute approximate surface area is 174 Å². The summed E-state index contributed by atoms with van der Waals surface area (Å²) < 4.78 is 6.12. The predicted octanol–water partition coefficient (Wildman–Crippen LogP) is 3.81. The van der Waals surface area contributed by atoms with Gasteiger partial charge in [0.05, 0.1) is 11.3 Å². The number of rotatable bonds is 3. The summed E-state index contributed by atoms with van der Waals surface area (Å²) in [7, 11) is 0. The van der Waals surface area contributed by atoms with Gasteiger partial charge in [-0.1, -0.05) is 25.0 Å². The molecule has 2 aromatic carbocycles. The van der Waals surface area contributed by atoms with Crippen molar-refractivity contribution < 1.29 is 4.74 Å². The van der Waals surface area contributed by atoms with Crippen molar-refractivity contribution in [3.8, 4) is 22.8 Å². The molecule has 0 atom stereocenters. The van der Waals surface area contributed by atoms with Crippen LogP contribution in [0.25, 0.3) is 11.3 Å². The lowest BCUT2D eigenvalue weighted by Crippen LogP contribution is -2.16. The van der Waals surface area contributed by atoms with Gasteiger partial charge in [0, 0.05) is 23.4 Å². The number of hydrogen-bond donors (Lipinski definition) is 4. The first-order chi connectivity index (χ1) is 14.6. The SMILES string of the molecule is NC1=Nc2ccccc2Oc2cc(-c3cc(NC4CCCC4)nc(N)n3)cc(N)c21. The molecule has 8 heteroatoms. The Morgan fingerprint density at radius 1 is 0.933 bits per heavy atom. The van der Waals surface area contributed by atoms with Crippen LogP contribution < -0.4 is 27.3 Å². The Morgan fingerprint density at radius 2 is 1.73 bits per heavy atom. The van der Waals surface area contributed by atoms with Crippen LogP contribution in [0.2, 0.25) is 0 Å². The van der Waals surface area contributed by atoms with E-state index in [1.165, 1.54) is 12.8 Å². The zero-order valence-electron chi connectivity index (χ0n) is 16.4. The van der Waals surface area contributed by atoms with Gasteiger partial charge in [0.15, 0.2) is 5.75 Å². The molecule has 1 aliphatic carbocycles. The van der Waals surface area contributed by atoms with Crippen LogP contribution in [-0.2, 0) is 0 Å². The van der Waals surface area contributed by atoms with E-state index in [0.29, 0.717) is 51.8 Å². The number of para-hydroxylation sites is 2. The largest absolute Gasteiger partial charge is 0.454 e. The molecule has 0 bridgehead atoms. The predicted molar refractivity (Wildman–Crippen MR) is 119 cm³/mol. The molecule has 0 radical (unpaired) electrons. The Morgan fingerprint density at radius 3 is 2.57 bits per heavy atom. The summed E-state index contributed by atoms with van der Waals surface area (Å²) in [5.41, 5.74) is 21.7. The number of nitrogens with two attached hydrogens (primary N) is 3. The molecule has 2 aliphatic rings. The second kappa shape index (κ2) is 7.22. The summed E-state index contributed by atoms with van der Waals surface area (Å²) in [6, 6.07) is 13.4. The second-order valence-corrected chi connectivity index (χ2v) is 7.63. The van der Waals surface area contributed by atoms with Gasteiger partial charge in [0.25, 0.3) is 0 Å². The van der Waals surface area contributed by atoms with Gasteiger partial charge in [-0.05, 0) is 37.1 Å². The first-order valence-corrected chi connectivity index (χ1v) is 10.0. The van der Waals surface area contributed by atoms with E-state index < -0.39 is 0 Å². The van der Waals surface area contributed by atoms with E-state index in [1.807, 2.05) is 42.5 Å². The molecule has 7 N–H and O–H groups in total. The highest BCUT2D eigenvalue weighted by atomic mass is 16.5. The number of aromatic nitrogens is 2. The molecule has 2 heterocycles. The molecular weight excluding hydrogens is 378 g/mol. The molecular formula is C22H23N7O. The maximum atomic E-state index is 6.35. The number of anilines is 3. The van der Waals surface area contributed by atoms with Gasteiger partial charge in [-0.15, -0.1) is 0 Å². The number of nitrogens with one attached hydrogen (secondary N) is 1. The normalized spacial score (nSPS) is 15.5. The van der Waals surface area contributed by atoms with Crippen molar-refractivity contribution in [1.82, 2.24) is 9.97 Å². The first-order valence-electron chi connectivity index (χ1n) is 10.0. The molecule has 3 aromatic rings. The Balaban J connectivity index is 1.56. The van der Waals surface area contributed by atoms with Crippen molar-refractivity contribution in [2.45, 2.75) is 31.7 Å². The van der Waals surface area contributed by atoms with Gasteiger partial charge in [-0.3, -0.25) is 0 Å². The van der Waals surface area contributed by atoms with Gasteiger partial charge in [-0.2, -0.15) is 4.98 Å².